The lowest BCUT2D eigenvalue weighted by molar-refractivity contribution is -0.125. The molecule has 130 valence electrons. The third-order valence-electron chi connectivity index (χ3n) is 3.76. The first kappa shape index (κ1) is 19.1. The van der Waals surface area contributed by atoms with Gasteiger partial charge in [-0.15, -0.1) is 0 Å². The number of amides is 1. The topological polar surface area (TPSA) is 82.8 Å². The molecular weight excluding hydrogens is 296 g/mol. The number of benzene rings is 1. The Kier molecular flexibility index (Phi) is 6.27. The Morgan fingerprint density at radius 2 is 1.57 bits per heavy atom. The van der Waals surface area contributed by atoms with E-state index < -0.39 is 6.04 Å². The van der Waals surface area contributed by atoms with Gasteiger partial charge in [0.15, 0.2) is 11.5 Å². The molecule has 0 aliphatic carbocycles. The molecule has 3 N–H and O–H groups in total. The van der Waals surface area contributed by atoms with Gasteiger partial charge in [-0.3, -0.25) is 4.79 Å². The van der Waals surface area contributed by atoms with E-state index in [1.807, 2.05) is 39.8 Å². The second-order valence-corrected chi connectivity index (χ2v) is 6.53. The normalized spacial score (nSPS) is 13.9. The lowest BCUT2D eigenvalue weighted by Gasteiger charge is -2.27. The van der Waals surface area contributed by atoms with Crippen LogP contribution < -0.4 is 25.3 Å². The summed E-state index contributed by atoms with van der Waals surface area (Å²) in [6.07, 6.45) is 0. The summed E-state index contributed by atoms with van der Waals surface area (Å²) in [7, 11) is 4.66. The van der Waals surface area contributed by atoms with Crippen molar-refractivity contribution in [2.24, 2.45) is 11.1 Å². The SMILES string of the molecule is COc1cc(C(C)NC(=O)[C@@H](N)C(C)(C)C)cc(OC)c1OC. The van der Waals surface area contributed by atoms with Crippen LogP contribution in [-0.4, -0.2) is 33.3 Å². The van der Waals surface area contributed by atoms with E-state index in [1.54, 1.807) is 21.3 Å². The van der Waals surface area contributed by atoms with Crippen LogP contribution in [-0.2, 0) is 4.79 Å². The van der Waals surface area contributed by atoms with Gasteiger partial charge in [-0.1, -0.05) is 20.8 Å². The van der Waals surface area contributed by atoms with Crippen molar-refractivity contribution in [3.63, 3.8) is 0 Å². The lowest BCUT2D eigenvalue weighted by atomic mass is 9.86. The molecule has 0 saturated carbocycles. The van der Waals surface area contributed by atoms with Gasteiger partial charge in [0.2, 0.25) is 11.7 Å². The fourth-order valence-corrected chi connectivity index (χ4v) is 2.13. The highest BCUT2D eigenvalue weighted by molar-refractivity contribution is 5.82. The van der Waals surface area contributed by atoms with Crippen molar-refractivity contribution in [3.8, 4) is 17.2 Å². The first-order valence-corrected chi connectivity index (χ1v) is 7.51. The summed E-state index contributed by atoms with van der Waals surface area (Å²) in [4.78, 5) is 12.3. The lowest BCUT2D eigenvalue weighted by Crippen LogP contribution is -2.49. The number of methoxy groups -OCH3 is 3. The zero-order chi connectivity index (χ0) is 17.8. The molecule has 0 spiro atoms. The fraction of sp³-hybridized carbons (Fsp3) is 0.588. The molecule has 1 aromatic carbocycles. The van der Waals surface area contributed by atoms with E-state index in [2.05, 4.69) is 5.32 Å². The summed E-state index contributed by atoms with van der Waals surface area (Å²) < 4.78 is 16.0. The van der Waals surface area contributed by atoms with E-state index in [0.29, 0.717) is 17.2 Å². The van der Waals surface area contributed by atoms with Crippen LogP contribution in [0.4, 0.5) is 0 Å². The third kappa shape index (κ3) is 4.51. The number of nitrogens with two attached hydrogens (primary N) is 1. The van der Waals surface area contributed by atoms with Crippen molar-refractivity contribution in [1.29, 1.82) is 0 Å². The molecule has 23 heavy (non-hydrogen) atoms. The molecular formula is C17H28N2O4. The predicted molar refractivity (Wildman–Crippen MR) is 90.1 cm³/mol. The van der Waals surface area contributed by atoms with E-state index in [-0.39, 0.29) is 17.4 Å². The van der Waals surface area contributed by atoms with Crippen molar-refractivity contribution < 1.29 is 19.0 Å². The van der Waals surface area contributed by atoms with E-state index in [0.717, 1.165) is 5.56 Å². The maximum atomic E-state index is 12.3. The van der Waals surface area contributed by atoms with Crippen molar-refractivity contribution in [3.05, 3.63) is 17.7 Å². The van der Waals surface area contributed by atoms with Gasteiger partial charge in [-0.05, 0) is 30.0 Å². The highest BCUT2D eigenvalue weighted by Crippen LogP contribution is 2.39. The Balaban J connectivity index is 3.04. The Morgan fingerprint density at radius 3 is 1.91 bits per heavy atom. The summed E-state index contributed by atoms with van der Waals surface area (Å²) in [5.41, 5.74) is 6.53. The molecule has 1 aromatic rings. The van der Waals surface area contributed by atoms with E-state index in [9.17, 15) is 4.79 Å². The average Bonchev–Trinajstić information content (AvgIpc) is 2.51. The summed E-state index contributed by atoms with van der Waals surface area (Å²) in [6.45, 7) is 7.68. The summed E-state index contributed by atoms with van der Waals surface area (Å²) in [6, 6.07) is 2.79. The molecule has 0 fully saturated rings. The number of hydrogen-bond donors (Lipinski definition) is 2. The Hall–Kier alpha value is -1.95. The highest BCUT2D eigenvalue weighted by Gasteiger charge is 2.28. The number of carbonyl (C=O) groups excluding carboxylic acids is 1. The van der Waals surface area contributed by atoms with Gasteiger partial charge in [0.05, 0.1) is 33.4 Å². The summed E-state index contributed by atoms with van der Waals surface area (Å²) in [5, 5.41) is 2.93. The van der Waals surface area contributed by atoms with Gasteiger partial charge in [0, 0.05) is 0 Å². The van der Waals surface area contributed by atoms with Gasteiger partial charge < -0.3 is 25.3 Å². The average molecular weight is 324 g/mol. The zero-order valence-corrected chi connectivity index (χ0v) is 15.0. The quantitative estimate of drug-likeness (QED) is 0.839. The van der Waals surface area contributed by atoms with Crippen LogP contribution in [0.3, 0.4) is 0 Å². The molecule has 0 radical (unpaired) electrons. The molecule has 0 aliphatic heterocycles. The van der Waals surface area contributed by atoms with Gasteiger partial charge in [-0.2, -0.15) is 0 Å². The van der Waals surface area contributed by atoms with Crippen LogP contribution in [0, 0.1) is 5.41 Å². The van der Waals surface area contributed by atoms with Crippen LogP contribution in [0.15, 0.2) is 12.1 Å². The fourth-order valence-electron chi connectivity index (χ4n) is 2.13. The van der Waals surface area contributed by atoms with Gasteiger partial charge in [0.25, 0.3) is 0 Å². The minimum absolute atomic E-state index is 0.196. The molecule has 6 nitrogen and oxygen atoms in total. The maximum absolute atomic E-state index is 12.3. The van der Waals surface area contributed by atoms with Crippen LogP contribution in [0.25, 0.3) is 0 Å². The third-order valence-corrected chi connectivity index (χ3v) is 3.76. The smallest absolute Gasteiger partial charge is 0.237 e. The minimum atomic E-state index is -0.591. The maximum Gasteiger partial charge on any atom is 0.237 e. The molecule has 1 rings (SSSR count). The molecule has 0 aromatic heterocycles. The second kappa shape index (κ2) is 7.55. The number of nitrogens with one attached hydrogen (secondary N) is 1. The molecule has 0 saturated heterocycles. The molecule has 0 bridgehead atoms. The van der Waals surface area contributed by atoms with Gasteiger partial charge in [0.1, 0.15) is 0 Å². The Bertz CT molecular complexity index is 527. The molecule has 1 amide bonds. The van der Waals surface area contributed by atoms with Crippen LogP contribution in [0.5, 0.6) is 17.2 Å². The standard InChI is InChI=1S/C17H28N2O4/c1-10(19-16(20)15(18)17(2,3)4)11-8-12(21-5)14(23-7)13(9-11)22-6/h8-10,15H,18H2,1-7H3,(H,19,20)/t10?,15-/m1/s1. The Morgan fingerprint density at radius 1 is 1.09 bits per heavy atom. The zero-order valence-electron chi connectivity index (χ0n) is 15.0. The minimum Gasteiger partial charge on any atom is -0.493 e. The van der Waals surface area contributed by atoms with E-state index >= 15 is 0 Å². The van der Waals surface area contributed by atoms with Crippen LogP contribution in [0.1, 0.15) is 39.3 Å². The monoisotopic (exact) mass is 324 g/mol. The first-order chi connectivity index (χ1) is 10.6. The Labute approximate surface area is 138 Å². The molecule has 0 heterocycles. The van der Waals surface area contributed by atoms with Gasteiger partial charge in [-0.25, -0.2) is 0 Å². The van der Waals surface area contributed by atoms with Crippen LogP contribution in [0.2, 0.25) is 0 Å². The number of carbonyl (C=O) groups is 1. The largest absolute Gasteiger partial charge is 0.493 e. The predicted octanol–water partition coefficient (Wildman–Crippen LogP) is 2.26. The van der Waals surface area contributed by atoms with Crippen LogP contribution >= 0.6 is 0 Å². The van der Waals surface area contributed by atoms with Crippen molar-refractivity contribution in [2.75, 3.05) is 21.3 Å². The molecule has 1 unspecified atom stereocenters. The van der Waals surface area contributed by atoms with Crippen molar-refractivity contribution in [2.45, 2.75) is 39.8 Å². The van der Waals surface area contributed by atoms with E-state index in [4.69, 9.17) is 19.9 Å². The van der Waals surface area contributed by atoms with Gasteiger partial charge >= 0.3 is 0 Å². The van der Waals surface area contributed by atoms with E-state index in [1.165, 1.54) is 0 Å². The van der Waals surface area contributed by atoms with Crippen molar-refractivity contribution in [1.82, 2.24) is 5.32 Å². The molecule has 6 heteroatoms. The first-order valence-electron chi connectivity index (χ1n) is 7.51. The number of rotatable bonds is 6. The summed E-state index contributed by atoms with van der Waals surface area (Å²) >= 11 is 0. The highest BCUT2D eigenvalue weighted by atomic mass is 16.5. The number of hydrogen-bond acceptors (Lipinski definition) is 5. The molecule has 2 atom stereocenters. The second-order valence-electron chi connectivity index (χ2n) is 6.53. The molecule has 0 aliphatic rings. The number of ether oxygens (including phenoxy) is 3. The summed E-state index contributed by atoms with van der Waals surface area (Å²) in [5.74, 6) is 1.41. The van der Waals surface area contributed by atoms with Crippen molar-refractivity contribution >= 4 is 5.91 Å².